The molecule has 3 rings (SSSR count). The summed E-state index contributed by atoms with van der Waals surface area (Å²) < 4.78 is 5.19. The van der Waals surface area contributed by atoms with Gasteiger partial charge in [-0.2, -0.15) is 0 Å². The summed E-state index contributed by atoms with van der Waals surface area (Å²) in [4.78, 5) is 13.8. The Kier molecular flexibility index (Phi) is 5.61. The SMILES string of the molecule is COc1ccc(-c2cnc(N3CCN(CCCN)CC3)nc2)cc1. The smallest absolute Gasteiger partial charge is 0.225 e. The Hall–Kier alpha value is -2.18. The van der Waals surface area contributed by atoms with Gasteiger partial charge in [-0.15, -0.1) is 0 Å². The zero-order chi connectivity index (χ0) is 16.8. The third-order valence-corrected chi connectivity index (χ3v) is 4.40. The molecule has 128 valence electrons. The van der Waals surface area contributed by atoms with E-state index in [1.165, 1.54) is 0 Å². The topological polar surface area (TPSA) is 67.5 Å². The first-order chi connectivity index (χ1) is 11.8. The molecule has 1 fully saturated rings. The van der Waals surface area contributed by atoms with Crippen LogP contribution in [-0.2, 0) is 0 Å². The van der Waals surface area contributed by atoms with E-state index in [0.717, 1.165) is 68.5 Å². The van der Waals surface area contributed by atoms with Crippen molar-refractivity contribution in [3.8, 4) is 16.9 Å². The minimum atomic E-state index is 0.760. The average molecular weight is 327 g/mol. The van der Waals surface area contributed by atoms with Gasteiger partial charge in [-0.25, -0.2) is 9.97 Å². The van der Waals surface area contributed by atoms with E-state index >= 15 is 0 Å². The van der Waals surface area contributed by atoms with Gasteiger partial charge in [-0.1, -0.05) is 12.1 Å². The van der Waals surface area contributed by atoms with E-state index < -0.39 is 0 Å². The van der Waals surface area contributed by atoms with Crippen LogP contribution in [0.15, 0.2) is 36.7 Å². The van der Waals surface area contributed by atoms with Gasteiger partial charge in [-0.3, -0.25) is 4.90 Å². The minimum absolute atomic E-state index is 0.760. The third kappa shape index (κ3) is 4.01. The van der Waals surface area contributed by atoms with Gasteiger partial charge in [0.05, 0.1) is 7.11 Å². The van der Waals surface area contributed by atoms with E-state index in [0.29, 0.717) is 0 Å². The molecule has 6 nitrogen and oxygen atoms in total. The van der Waals surface area contributed by atoms with Crippen molar-refractivity contribution in [1.29, 1.82) is 0 Å². The molecular weight excluding hydrogens is 302 g/mol. The maximum Gasteiger partial charge on any atom is 0.225 e. The number of ether oxygens (including phenoxy) is 1. The van der Waals surface area contributed by atoms with Crippen molar-refractivity contribution in [3.63, 3.8) is 0 Å². The number of hydrogen-bond donors (Lipinski definition) is 1. The van der Waals surface area contributed by atoms with Crippen LogP contribution in [0.3, 0.4) is 0 Å². The lowest BCUT2D eigenvalue weighted by atomic mass is 10.1. The summed E-state index contributed by atoms with van der Waals surface area (Å²) in [7, 11) is 1.67. The number of anilines is 1. The number of rotatable bonds is 6. The highest BCUT2D eigenvalue weighted by molar-refractivity contribution is 5.62. The molecule has 2 heterocycles. The molecule has 2 aromatic rings. The average Bonchev–Trinajstić information content (AvgIpc) is 2.67. The van der Waals surface area contributed by atoms with E-state index in [4.69, 9.17) is 10.5 Å². The van der Waals surface area contributed by atoms with Gasteiger partial charge < -0.3 is 15.4 Å². The van der Waals surface area contributed by atoms with Gasteiger partial charge in [0.1, 0.15) is 5.75 Å². The predicted molar refractivity (Wildman–Crippen MR) is 96.3 cm³/mol. The molecule has 1 aromatic carbocycles. The Labute approximate surface area is 143 Å². The Morgan fingerprint density at radius 2 is 1.67 bits per heavy atom. The summed E-state index contributed by atoms with van der Waals surface area (Å²) in [5, 5.41) is 0. The van der Waals surface area contributed by atoms with Crippen molar-refractivity contribution in [2.45, 2.75) is 6.42 Å². The first kappa shape index (κ1) is 16.7. The van der Waals surface area contributed by atoms with Crippen LogP contribution in [0.4, 0.5) is 5.95 Å². The summed E-state index contributed by atoms with van der Waals surface area (Å²) in [6.07, 6.45) is 4.85. The van der Waals surface area contributed by atoms with Gasteiger partial charge in [0.2, 0.25) is 5.95 Å². The number of piperazine rings is 1. The van der Waals surface area contributed by atoms with Crippen LogP contribution in [0.25, 0.3) is 11.1 Å². The van der Waals surface area contributed by atoms with Crippen LogP contribution in [0.5, 0.6) is 5.75 Å². The molecule has 0 bridgehead atoms. The molecule has 1 aliphatic rings. The summed E-state index contributed by atoms with van der Waals surface area (Å²) in [5.41, 5.74) is 7.69. The van der Waals surface area contributed by atoms with E-state index in [2.05, 4.69) is 19.8 Å². The zero-order valence-electron chi connectivity index (χ0n) is 14.2. The third-order valence-electron chi connectivity index (χ3n) is 4.40. The van der Waals surface area contributed by atoms with Crippen molar-refractivity contribution < 1.29 is 4.74 Å². The fourth-order valence-corrected chi connectivity index (χ4v) is 2.90. The van der Waals surface area contributed by atoms with E-state index in [9.17, 15) is 0 Å². The van der Waals surface area contributed by atoms with Crippen LogP contribution < -0.4 is 15.4 Å². The maximum atomic E-state index is 5.58. The lowest BCUT2D eigenvalue weighted by Gasteiger charge is -2.34. The van der Waals surface area contributed by atoms with Crippen molar-refractivity contribution in [3.05, 3.63) is 36.7 Å². The molecule has 0 saturated carbocycles. The second kappa shape index (κ2) is 8.08. The van der Waals surface area contributed by atoms with Crippen molar-refractivity contribution >= 4 is 5.95 Å². The Bertz CT molecular complexity index is 621. The second-order valence-electron chi connectivity index (χ2n) is 5.97. The molecule has 1 saturated heterocycles. The van der Waals surface area contributed by atoms with Crippen molar-refractivity contribution in [2.24, 2.45) is 5.73 Å². The summed E-state index contributed by atoms with van der Waals surface area (Å²) in [6.45, 7) is 5.86. The van der Waals surface area contributed by atoms with E-state index in [1.54, 1.807) is 7.11 Å². The highest BCUT2D eigenvalue weighted by Gasteiger charge is 2.18. The molecule has 0 aliphatic carbocycles. The molecule has 24 heavy (non-hydrogen) atoms. The monoisotopic (exact) mass is 327 g/mol. The molecular formula is C18H25N5O. The van der Waals surface area contributed by atoms with Gasteiger partial charge in [0.15, 0.2) is 0 Å². The molecule has 1 aliphatic heterocycles. The number of nitrogens with two attached hydrogens (primary N) is 1. The normalized spacial score (nSPS) is 15.5. The minimum Gasteiger partial charge on any atom is -0.497 e. The fourth-order valence-electron chi connectivity index (χ4n) is 2.90. The Balaban J connectivity index is 1.60. The Morgan fingerprint density at radius 3 is 2.25 bits per heavy atom. The van der Waals surface area contributed by atoms with Gasteiger partial charge in [0.25, 0.3) is 0 Å². The van der Waals surface area contributed by atoms with Gasteiger partial charge >= 0.3 is 0 Å². The van der Waals surface area contributed by atoms with Gasteiger partial charge in [0, 0.05) is 44.1 Å². The molecule has 0 unspecified atom stereocenters. The van der Waals surface area contributed by atoms with Crippen molar-refractivity contribution in [2.75, 3.05) is 51.3 Å². The standard InChI is InChI=1S/C18H25N5O/c1-24-17-5-3-15(4-6-17)16-13-20-18(21-14-16)23-11-9-22(10-12-23)8-2-7-19/h3-6,13-14H,2,7-12,19H2,1H3. The molecule has 0 atom stereocenters. The molecule has 0 amide bonds. The van der Waals surface area contributed by atoms with Crippen LogP contribution >= 0.6 is 0 Å². The quantitative estimate of drug-likeness (QED) is 0.870. The van der Waals surface area contributed by atoms with Crippen LogP contribution in [0, 0.1) is 0 Å². The molecule has 6 heteroatoms. The lowest BCUT2D eigenvalue weighted by Crippen LogP contribution is -2.47. The number of benzene rings is 1. The highest BCUT2D eigenvalue weighted by atomic mass is 16.5. The maximum absolute atomic E-state index is 5.58. The fraction of sp³-hybridized carbons (Fsp3) is 0.444. The van der Waals surface area contributed by atoms with Gasteiger partial charge in [-0.05, 0) is 37.2 Å². The molecule has 2 N–H and O–H groups in total. The first-order valence-corrected chi connectivity index (χ1v) is 8.44. The van der Waals surface area contributed by atoms with Crippen molar-refractivity contribution in [1.82, 2.24) is 14.9 Å². The molecule has 1 aromatic heterocycles. The summed E-state index contributed by atoms with van der Waals surface area (Å²) in [6, 6.07) is 7.94. The zero-order valence-corrected chi connectivity index (χ0v) is 14.2. The Morgan fingerprint density at radius 1 is 1.00 bits per heavy atom. The summed E-state index contributed by atoms with van der Waals surface area (Å²) >= 11 is 0. The van der Waals surface area contributed by atoms with Crippen LogP contribution in [0.1, 0.15) is 6.42 Å². The van der Waals surface area contributed by atoms with Crippen LogP contribution in [0.2, 0.25) is 0 Å². The number of methoxy groups -OCH3 is 1. The first-order valence-electron chi connectivity index (χ1n) is 8.44. The number of hydrogen-bond acceptors (Lipinski definition) is 6. The predicted octanol–water partition coefficient (Wildman–Crippen LogP) is 1.62. The van der Waals surface area contributed by atoms with E-state index in [-0.39, 0.29) is 0 Å². The highest BCUT2D eigenvalue weighted by Crippen LogP contribution is 2.22. The van der Waals surface area contributed by atoms with Crippen LogP contribution in [-0.4, -0.2) is 61.2 Å². The molecule has 0 spiro atoms. The summed E-state index contributed by atoms with van der Waals surface area (Å²) in [5.74, 6) is 1.66. The molecule has 0 radical (unpaired) electrons. The van der Waals surface area contributed by atoms with E-state index in [1.807, 2.05) is 36.7 Å². The number of nitrogens with zero attached hydrogens (tertiary/aromatic N) is 4. The largest absolute Gasteiger partial charge is 0.497 e. The number of aromatic nitrogens is 2. The lowest BCUT2D eigenvalue weighted by molar-refractivity contribution is 0.255. The second-order valence-corrected chi connectivity index (χ2v) is 5.97.